The minimum Gasteiger partial charge on any atom is -0.481 e. The lowest BCUT2D eigenvalue weighted by molar-refractivity contribution is -0.141. The van der Waals surface area contributed by atoms with Crippen LogP contribution in [0.2, 0.25) is 0 Å². The van der Waals surface area contributed by atoms with E-state index in [1.165, 1.54) is 0 Å². The van der Waals surface area contributed by atoms with Gasteiger partial charge >= 0.3 is 32.5 Å². The van der Waals surface area contributed by atoms with Gasteiger partial charge in [-0.25, -0.2) is 0 Å². The number of benzene rings is 2. The normalized spacial score (nSPS) is 13.5. The second kappa shape index (κ2) is 63.1. The minimum absolute atomic E-state index is 0.00296. The lowest BCUT2D eigenvalue weighted by atomic mass is 10.0. The van der Waals surface area contributed by atoms with E-state index in [9.17, 15) is 99.1 Å². The molecule has 0 aromatic heterocycles. The molecule has 56 nitrogen and oxygen atoms in total. The molecular weight excluding hydrogens is 1940 g/mol. The number of nitrogens with two attached hydrogens (primary N) is 9. The van der Waals surface area contributed by atoms with Crippen molar-refractivity contribution < 1.29 is 114 Å². The third-order valence-electron chi connectivity index (χ3n) is 19.8. The Kier molecular flexibility index (Phi) is 55.2. The highest BCUT2D eigenvalue weighted by Gasteiger charge is 2.51. The molecule has 2 aromatic carbocycles. The second-order valence-electron chi connectivity index (χ2n) is 31.2. The van der Waals surface area contributed by atoms with E-state index in [1.54, 1.807) is 0 Å². The van der Waals surface area contributed by atoms with Crippen LogP contribution in [0.5, 0.6) is 0 Å². The summed E-state index contributed by atoms with van der Waals surface area (Å²) in [4.78, 5) is 219. The van der Waals surface area contributed by atoms with Crippen LogP contribution in [0.4, 0.5) is 17.6 Å². The number of aliphatic carboxylic acids is 1. The maximum absolute atomic E-state index is 15.0. The van der Waals surface area contributed by atoms with Crippen LogP contribution in [0, 0.1) is 43.3 Å². The van der Waals surface area contributed by atoms with Crippen molar-refractivity contribution >= 4 is 161 Å². The Morgan fingerprint density at radius 1 is 0.307 bits per heavy atom. The van der Waals surface area contributed by atoms with Crippen molar-refractivity contribution in [3.63, 3.8) is 0 Å². The average molecular weight is 2070 g/mol. The number of carboxylic acids is 1. The highest BCUT2D eigenvalue weighted by molar-refractivity contribution is 8.76. The molecule has 0 saturated heterocycles. The second-order valence-corrected chi connectivity index (χ2v) is 37.2. The van der Waals surface area contributed by atoms with Gasteiger partial charge in [0.1, 0.15) is 60.4 Å². The highest BCUT2D eigenvalue weighted by Crippen LogP contribution is 2.60. The summed E-state index contributed by atoms with van der Waals surface area (Å²) in [7, 11) is -9.92. The van der Waals surface area contributed by atoms with Crippen molar-refractivity contribution in [3.05, 3.63) is 70.8 Å². The molecule has 0 heterocycles. The van der Waals surface area contributed by atoms with E-state index < -0.39 is 236 Å². The number of nitrogens with one attached hydrogen (secondary N) is 27. The smallest absolute Gasteiger partial charge is 0.399 e. The summed E-state index contributed by atoms with van der Waals surface area (Å²) < 4.78 is 81.0. The standard InChI is InChI=1S/C76H130F4N36O20P2S2/c77-75(78,137(131,132)133)42-21-17-40(18-22-42)37-52(116-66(130)53(39-56(119)120)108-55(118)38-41-19-23-43(24-20-41)76(79,80)138(134,135)136)58(122)98-34-36-140-139-35-25-54(117)107-45(10-2-27-100-68(84)85)59(123)110-47(12-4-29-102-70(88)89)61(125)112-49(14-6-31-104-72(92)93)63(127)114-51(16-8-33-106-74(96)97)65(129)115-50(15-7-32-105-73(94)95)64(128)113-48(13-5-30-103-71(90)91)62(126)111-46(11-3-28-101-69(86)87)60(124)109-44(57(81)121)9-1-26-99-67(82)83/h17-24,44-53H,1-16,25-39H2,(H2,81,121)(H,98,122)(H,107,117)(H,108,118)(H,109,124)(H,110,123)(H,111,126)(H,112,125)(H,113,128)(H,114,127)(H,115,129)(H,116,130)(H,119,120)(H4,82,83,99)(H4,84,85,100)(H4,86,87,101)(H4,88,89,102)(H4,90,91,103)(H4,92,93,104)(H4,94,95,105)(H4,96,97,106)(H2,131,132,133)(H2,134,135,136)/t44-,45-,46-,47-,48-,49-,50-,51-,52+,53+/m1/s1. The van der Waals surface area contributed by atoms with Crippen LogP contribution < -0.4 is 153 Å². The van der Waals surface area contributed by atoms with E-state index in [0.29, 0.717) is 24.3 Å². The van der Waals surface area contributed by atoms with E-state index in [1.807, 2.05) is 0 Å². The van der Waals surface area contributed by atoms with Crippen LogP contribution in [0.25, 0.3) is 0 Å². The van der Waals surface area contributed by atoms with Crippen molar-refractivity contribution in [1.82, 2.24) is 101 Å². The van der Waals surface area contributed by atoms with Gasteiger partial charge in [-0.2, -0.15) is 17.6 Å². The Balaban J connectivity index is 2.61. The Labute approximate surface area is 808 Å². The first-order valence-corrected chi connectivity index (χ1v) is 49.0. The molecule has 12 amide bonds. The molecule has 10 atom stereocenters. The van der Waals surface area contributed by atoms with E-state index in [4.69, 9.17) is 105 Å². The van der Waals surface area contributed by atoms with Crippen LogP contribution in [0.1, 0.15) is 138 Å². The summed E-state index contributed by atoms with van der Waals surface area (Å²) in [5.41, 5.74) is 38.2. The number of carbonyl (C=O) groups is 13. The van der Waals surface area contributed by atoms with Crippen LogP contribution in [-0.4, -0.2) is 280 Å². The van der Waals surface area contributed by atoms with E-state index in [0.717, 1.165) is 45.9 Å². The van der Waals surface area contributed by atoms with Crippen LogP contribution >= 0.6 is 36.8 Å². The number of alkyl halides is 4. The fourth-order valence-electron chi connectivity index (χ4n) is 12.7. The molecule has 0 saturated carbocycles. The maximum atomic E-state index is 15.0. The number of amides is 12. The van der Waals surface area contributed by atoms with Gasteiger partial charge in [0.05, 0.1) is 12.8 Å². The molecule has 0 aliphatic heterocycles. The van der Waals surface area contributed by atoms with Gasteiger partial charge in [-0.3, -0.25) is 115 Å². The Bertz CT molecular complexity index is 4680. The molecule has 0 aliphatic carbocycles. The van der Waals surface area contributed by atoms with E-state index >= 15 is 4.79 Å². The van der Waals surface area contributed by atoms with Gasteiger partial charge in [-0.05, 0) is 114 Å². The Morgan fingerprint density at radius 3 is 0.807 bits per heavy atom. The third-order valence-corrected chi connectivity index (χ3v) is 24.2. The molecule has 0 aliphatic rings. The van der Waals surface area contributed by atoms with Gasteiger partial charge in [-0.1, -0.05) is 70.1 Å². The van der Waals surface area contributed by atoms with Gasteiger partial charge in [0.2, 0.25) is 70.9 Å². The topological polar surface area (TPSA) is 1010 Å². The molecule has 50 N–H and O–H groups in total. The van der Waals surface area contributed by atoms with Gasteiger partial charge in [0.15, 0.2) is 47.7 Å². The zero-order valence-corrected chi connectivity index (χ0v) is 79.5. The summed E-state index contributed by atoms with van der Waals surface area (Å²) in [5, 5.41) is 119. The lowest BCUT2D eigenvalue weighted by Gasteiger charge is -2.28. The molecular formula is C76H130F4N36O20P2S2. The summed E-state index contributed by atoms with van der Waals surface area (Å²) in [6, 6.07) is -9.93. The van der Waals surface area contributed by atoms with Crippen molar-refractivity contribution in [2.24, 2.45) is 51.6 Å². The van der Waals surface area contributed by atoms with Gasteiger partial charge in [0.25, 0.3) is 0 Å². The number of halogens is 4. The first-order valence-electron chi connectivity index (χ1n) is 43.3. The van der Waals surface area contributed by atoms with Gasteiger partial charge in [-0.15, -0.1) is 0 Å². The highest BCUT2D eigenvalue weighted by atomic mass is 33.1. The van der Waals surface area contributed by atoms with Crippen LogP contribution in [0.15, 0.2) is 48.5 Å². The van der Waals surface area contributed by atoms with Crippen molar-refractivity contribution in [3.8, 4) is 0 Å². The summed E-state index contributed by atoms with van der Waals surface area (Å²) in [6.45, 7) is -0.492. The number of hydrogen-bond acceptors (Lipinski definition) is 25. The Hall–Kier alpha value is -13.6. The fraction of sp³-hybridized carbons (Fsp3) is 0.566. The molecule has 140 heavy (non-hydrogen) atoms. The molecule has 0 fully saturated rings. The third kappa shape index (κ3) is 50.1. The number of carbonyl (C=O) groups excluding carboxylic acids is 12. The molecule has 2 aromatic rings. The van der Waals surface area contributed by atoms with Crippen molar-refractivity contribution in [1.29, 1.82) is 43.3 Å². The fourth-order valence-corrected chi connectivity index (χ4v) is 15.6. The van der Waals surface area contributed by atoms with Crippen LogP contribution in [-0.2, 0) is 95.6 Å². The number of primary amides is 1. The minimum atomic E-state index is -6.07. The van der Waals surface area contributed by atoms with E-state index in [-0.39, 0.29) is 197 Å². The summed E-state index contributed by atoms with van der Waals surface area (Å²) in [6.07, 6.45) is -4.45. The average Bonchev–Trinajstić information content (AvgIpc) is 0.797. The monoisotopic (exact) mass is 2070 g/mol. The van der Waals surface area contributed by atoms with Crippen molar-refractivity contribution in [2.75, 3.05) is 70.4 Å². The number of carboxylic acid groups (broad SMARTS) is 1. The summed E-state index contributed by atoms with van der Waals surface area (Å²) >= 11 is 0. The molecule has 2 rings (SSSR count). The summed E-state index contributed by atoms with van der Waals surface area (Å²) in [5.74, 6) is -17.5. The van der Waals surface area contributed by atoms with Crippen LogP contribution in [0.3, 0.4) is 0 Å². The molecule has 64 heteroatoms. The quantitative estimate of drug-likeness (QED) is 0.00730. The predicted molar refractivity (Wildman–Crippen MR) is 509 cm³/mol. The predicted octanol–water partition coefficient (Wildman–Crippen LogP) is -8.27. The maximum Gasteiger partial charge on any atom is 0.399 e. The first-order chi connectivity index (χ1) is 65.5. The lowest BCUT2D eigenvalue weighted by Crippen LogP contribution is -2.60. The zero-order valence-electron chi connectivity index (χ0n) is 76.1. The molecule has 0 unspecified atom stereocenters. The Morgan fingerprint density at radius 2 is 0.543 bits per heavy atom. The molecule has 0 spiro atoms. The van der Waals surface area contributed by atoms with Crippen molar-refractivity contribution in [2.45, 2.75) is 200 Å². The number of guanidine groups is 8. The molecule has 0 bridgehead atoms. The SMILES string of the molecule is N=C(N)NCCC[C@@H](NC(=O)[C@@H](CCCNC(=N)N)NC(=O)[C@@H](CCCNC(=N)N)NC(=O)[C@@H](CCCNC(=N)N)NC(=O)[C@@H](CCCNC(=N)N)NC(=O)[C@@H](CCCNC(=N)N)NC(=O)[C@@H](CCCNC(=N)N)NC(=O)[C@@H](CCCNC(=N)N)NC(=O)CCSSCCNC(=O)[C@H](Cc1ccc(C(F)(F)P(=O)(O)O)cc1)NC(=O)[C@H](CC(=O)O)NC(=O)Cc1ccc(C(F)(F)P(=O)(O)O)cc1)C(N)=O. The number of rotatable bonds is 69. The van der Waals surface area contributed by atoms with Gasteiger partial charge in [0, 0.05) is 94.4 Å². The molecule has 0 radical (unpaired) electrons. The molecule has 784 valence electrons. The van der Waals surface area contributed by atoms with Gasteiger partial charge < -0.3 is 177 Å². The first kappa shape index (κ1) is 122. The zero-order chi connectivity index (χ0) is 106. The van der Waals surface area contributed by atoms with E-state index in [2.05, 4.69) is 101 Å². The number of hydrogen-bond donors (Lipinski definition) is 41. The largest absolute Gasteiger partial charge is 0.481 e.